The highest BCUT2D eigenvalue weighted by Crippen LogP contribution is 2.57. The molecule has 2 unspecified atom stereocenters. The fourth-order valence-electron chi connectivity index (χ4n) is 2.26. The van der Waals surface area contributed by atoms with Crippen LogP contribution in [0.3, 0.4) is 0 Å². The second-order valence-electron chi connectivity index (χ2n) is 6.13. The summed E-state index contributed by atoms with van der Waals surface area (Å²) >= 11 is 0. The lowest BCUT2D eigenvalue weighted by atomic mass is 10.0. The van der Waals surface area contributed by atoms with Crippen molar-refractivity contribution in [2.45, 2.75) is 52.5 Å². The van der Waals surface area contributed by atoms with E-state index in [1.54, 1.807) is 0 Å². The van der Waals surface area contributed by atoms with E-state index in [4.69, 9.17) is 4.52 Å². The van der Waals surface area contributed by atoms with Crippen LogP contribution in [0, 0.1) is 11.3 Å². The Kier molecular flexibility index (Phi) is 3.25. The van der Waals surface area contributed by atoms with Crippen molar-refractivity contribution >= 4 is 0 Å². The molecule has 4 nitrogen and oxygen atoms in total. The number of likely N-dealkylation sites (N-methyl/N-ethyl adjacent to an activating group) is 1. The molecule has 2 atom stereocenters. The first-order chi connectivity index (χ1) is 7.94. The van der Waals surface area contributed by atoms with Gasteiger partial charge in [0.2, 0.25) is 5.89 Å². The van der Waals surface area contributed by atoms with Crippen molar-refractivity contribution in [3.05, 3.63) is 11.7 Å². The van der Waals surface area contributed by atoms with Crippen LogP contribution in [0.25, 0.3) is 0 Å². The Hall–Kier alpha value is -0.900. The van der Waals surface area contributed by atoms with Gasteiger partial charge in [0, 0.05) is 18.4 Å². The molecule has 1 fully saturated rings. The molecule has 1 heterocycles. The van der Waals surface area contributed by atoms with Crippen molar-refractivity contribution in [1.29, 1.82) is 0 Å². The SMILES string of the molecule is CNC(Cc1nc(C2CC2(C)C)no1)C(C)C. The van der Waals surface area contributed by atoms with E-state index in [1.807, 2.05) is 7.05 Å². The predicted octanol–water partition coefficient (Wildman–Crippen LogP) is 2.37. The van der Waals surface area contributed by atoms with Gasteiger partial charge < -0.3 is 9.84 Å². The summed E-state index contributed by atoms with van der Waals surface area (Å²) in [7, 11) is 1.98. The maximum atomic E-state index is 5.34. The van der Waals surface area contributed by atoms with E-state index in [2.05, 4.69) is 43.2 Å². The summed E-state index contributed by atoms with van der Waals surface area (Å²) in [5.74, 6) is 2.71. The fourth-order valence-corrected chi connectivity index (χ4v) is 2.26. The van der Waals surface area contributed by atoms with Gasteiger partial charge in [0.15, 0.2) is 5.82 Å². The molecule has 1 aromatic heterocycles. The van der Waals surface area contributed by atoms with Gasteiger partial charge in [-0.15, -0.1) is 0 Å². The zero-order valence-corrected chi connectivity index (χ0v) is 11.4. The molecule has 1 aliphatic carbocycles. The topological polar surface area (TPSA) is 51.0 Å². The van der Waals surface area contributed by atoms with Crippen LogP contribution in [0.5, 0.6) is 0 Å². The molecule has 96 valence electrons. The number of rotatable bonds is 5. The summed E-state index contributed by atoms with van der Waals surface area (Å²) in [4.78, 5) is 4.52. The zero-order chi connectivity index (χ0) is 12.6. The normalized spacial score (nSPS) is 24.0. The molecule has 1 aliphatic rings. The van der Waals surface area contributed by atoms with Gasteiger partial charge in [-0.1, -0.05) is 32.9 Å². The third-order valence-electron chi connectivity index (χ3n) is 3.88. The number of nitrogens with one attached hydrogen (secondary N) is 1. The maximum absolute atomic E-state index is 5.34. The standard InChI is InChI=1S/C13H23N3O/c1-8(2)10(14-5)6-11-15-12(16-17-11)9-7-13(9,3)4/h8-10,14H,6-7H2,1-5H3. The molecule has 0 aromatic carbocycles. The number of aromatic nitrogens is 2. The molecule has 1 aromatic rings. The second-order valence-corrected chi connectivity index (χ2v) is 6.13. The number of hydrogen-bond donors (Lipinski definition) is 1. The van der Waals surface area contributed by atoms with Crippen molar-refractivity contribution in [3.63, 3.8) is 0 Å². The van der Waals surface area contributed by atoms with Gasteiger partial charge in [0.1, 0.15) is 0 Å². The first kappa shape index (κ1) is 12.6. The lowest BCUT2D eigenvalue weighted by Crippen LogP contribution is -2.32. The lowest BCUT2D eigenvalue weighted by molar-refractivity contribution is 0.332. The minimum Gasteiger partial charge on any atom is -0.339 e. The van der Waals surface area contributed by atoms with E-state index >= 15 is 0 Å². The van der Waals surface area contributed by atoms with Gasteiger partial charge in [-0.3, -0.25) is 0 Å². The minimum atomic E-state index is 0.363. The average molecular weight is 237 g/mol. The highest BCUT2D eigenvalue weighted by molar-refractivity contribution is 5.14. The highest BCUT2D eigenvalue weighted by Gasteiger charge is 2.49. The van der Waals surface area contributed by atoms with E-state index in [-0.39, 0.29) is 0 Å². The number of hydrogen-bond acceptors (Lipinski definition) is 4. The molecule has 0 amide bonds. The molecule has 4 heteroatoms. The van der Waals surface area contributed by atoms with Crippen LogP contribution < -0.4 is 5.32 Å². The molecule has 1 N–H and O–H groups in total. The lowest BCUT2D eigenvalue weighted by Gasteiger charge is -2.17. The van der Waals surface area contributed by atoms with Crippen LogP contribution in [-0.4, -0.2) is 23.2 Å². The van der Waals surface area contributed by atoms with E-state index in [0.29, 0.717) is 23.3 Å². The van der Waals surface area contributed by atoms with Crippen LogP contribution in [0.4, 0.5) is 0 Å². The first-order valence-corrected chi connectivity index (χ1v) is 6.44. The van der Waals surface area contributed by atoms with Crippen LogP contribution in [0.15, 0.2) is 4.52 Å². The van der Waals surface area contributed by atoms with Gasteiger partial charge >= 0.3 is 0 Å². The van der Waals surface area contributed by atoms with Crippen molar-refractivity contribution in [2.24, 2.45) is 11.3 Å². The molecular formula is C13H23N3O. The molecule has 0 spiro atoms. The van der Waals surface area contributed by atoms with Gasteiger partial charge in [-0.05, 0) is 24.8 Å². The smallest absolute Gasteiger partial charge is 0.228 e. The van der Waals surface area contributed by atoms with Crippen LogP contribution in [-0.2, 0) is 6.42 Å². The van der Waals surface area contributed by atoms with E-state index in [9.17, 15) is 0 Å². The van der Waals surface area contributed by atoms with Crippen molar-refractivity contribution in [3.8, 4) is 0 Å². The molecule has 2 rings (SSSR count). The van der Waals surface area contributed by atoms with Gasteiger partial charge in [-0.25, -0.2) is 0 Å². The maximum Gasteiger partial charge on any atom is 0.228 e. The third-order valence-corrected chi connectivity index (χ3v) is 3.88. The molecule has 0 aliphatic heterocycles. The summed E-state index contributed by atoms with van der Waals surface area (Å²) in [6.45, 7) is 8.89. The van der Waals surface area contributed by atoms with E-state index in [0.717, 1.165) is 18.1 Å². The fraction of sp³-hybridized carbons (Fsp3) is 0.846. The van der Waals surface area contributed by atoms with E-state index in [1.165, 1.54) is 6.42 Å². The van der Waals surface area contributed by atoms with Crippen molar-refractivity contribution in [1.82, 2.24) is 15.5 Å². The Labute approximate surface area is 103 Å². The summed E-state index contributed by atoms with van der Waals surface area (Å²) in [6.07, 6.45) is 1.99. The average Bonchev–Trinajstić information content (AvgIpc) is 2.72. The largest absolute Gasteiger partial charge is 0.339 e. The third kappa shape index (κ3) is 2.68. The van der Waals surface area contributed by atoms with Gasteiger partial charge in [0.05, 0.1) is 0 Å². The predicted molar refractivity (Wildman–Crippen MR) is 66.8 cm³/mol. The molecule has 0 radical (unpaired) electrons. The number of nitrogens with zero attached hydrogens (tertiary/aromatic N) is 2. The van der Waals surface area contributed by atoms with E-state index < -0.39 is 0 Å². The molecular weight excluding hydrogens is 214 g/mol. The summed E-state index contributed by atoms with van der Waals surface area (Å²) in [6, 6.07) is 0.399. The summed E-state index contributed by atoms with van der Waals surface area (Å²) in [5, 5.41) is 7.40. The van der Waals surface area contributed by atoms with Gasteiger partial charge in [0.25, 0.3) is 0 Å². The molecule has 0 saturated heterocycles. The Morgan fingerprint density at radius 3 is 2.59 bits per heavy atom. The quantitative estimate of drug-likeness (QED) is 0.854. The Morgan fingerprint density at radius 2 is 2.12 bits per heavy atom. The summed E-state index contributed by atoms with van der Waals surface area (Å²) in [5.41, 5.74) is 0.363. The second kappa shape index (κ2) is 4.41. The molecule has 1 saturated carbocycles. The Bertz CT molecular complexity index is 384. The van der Waals surface area contributed by atoms with Crippen LogP contribution in [0.2, 0.25) is 0 Å². The summed E-state index contributed by atoms with van der Waals surface area (Å²) < 4.78 is 5.34. The zero-order valence-electron chi connectivity index (χ0n) is 11.4. The Morgan fingerprint density at radius 1 is 1.47 bits per heavy atom. The first-order valence-electron chi connectivity index (χ1n) is 6.44. The van der Waals surface area contributed by atoms with Crippen LogP contribution >= 0.6 is 0 Å². The highest BCUT2D eigenvalue weighted by atomic mass is 16.5. The molecule has 17 heavy (non-hydrogen) atoms. The van der Waals surface area contributed by atoms with Gasteiger partial charge in [-0.2, -0.15) is 4.98 Å². The van der Waals surface area contributed by atoms with Crippen molar-refractivity contribution in [2.75, 3.05) is 7.05 Å². The van der Waals surface area contributed by atoms with Crippen molar-refractivity contribution < 1.29 is 4.52 Å². The molecule has 0 bridgehead atoms. The minimum absolute atomic E-state index is 0.363. The monoisotopic (exact) mass is 237 g/mol. The Balaban J connectivity index is 1.99. The van der Waals surface area contributed by atoms with Crippen LogP contribution in [0.1, 0.15) is 51.7 Å².